The van der Waals surface area contributed by atoms with Gasteiger partial charge in [0.05, 0.1) is 18.6 Å². The molecule has 0 spiro atoms. The monoisotopic (exact) mass is 438 g/mol. The predicted molar refractivity (Wildman–Crippen MR) is 128 cm³/mol. The molecule has 0 radical (unpaired) electrons. The number of rotatable bonds is 5. The molecule has 164 valence electrons. The lowest BCUT2D eigenvalue weighted by Crippen LogP contribution is -2.27. The summed E-state index contributed by atoms with van der Waals surface area (Å²) < 4.78 is 13.2. The van der Waals surface area contributed by atoms with E-state index in [1.54, 1.807) is 18.2 Å². The molecule has 0 aliphatic carbocycles. The van der Waals surface area contributed by atoms with E-state index in [2.05, 4.69) is 26.7 Å². The number of fused-ring (bicyclic) bond motifs is 1. The molecular weight excluding hydrogens is 415 g/mol. The second kappa shape index (κ2) is 8.82. The summed E-state index contributed by atoms with van der Waals surface area (Å²) in [5, 5.41) is 8.63. The summed E-state index contributed by atoms with van der Waals surface area (Å²) in [6.07, 6.45) is 1.86. The summed E-state index contributed by atoms with van der Waals surface area (Å²) in [4.78, 5) is 22.0. The number of pyridine rings is 1. The van der Waals surface area contributed by atoms with Gasteiger partial charge in [0.15, 0.2) is 0 Å². The van der Waals surface area contributed by atoms with E-state index in [4.69, 9.17) is 0 Å². The van der Waals surface area contributed by atoms with E-state index in [1.807, 2.05) is 55.6 Å². The number of halogens is 1. The minimum atomic E-state index is -0.297. The van der Waals surface area contributed by atoms with Gasteiger partial charge in [0.1, 0.15) is 17.3 Å². The highest BCUT2D eigenvalue weighted by molar-refractivity contribution is 6.01. The Hall–Kier alpha value is -4.06. The standard InChI is InChI=1S/C27H23FN4O/c1-17(18-9-11-23(28)12-10-18)31-27(33)21-8-4-7-20(13-21)25-16-30-26(32-25)24-14-19-5-2-3-6-22(19)15-29-24/h2-15,17,25H,16H2,1H3,(H,30,32)(H,31,33)/t17-,25?/m0/s1. The number of carbonyl (C=O) groups is 1. The minimum absolute atomic E-state index is 0.0319. The maximum Gasteiger partial charge on any atom is 0.251 e. The van der Waals surface area contributed by atoms with Gasteiger partial charge in [-0.2, -0.15) is 0 Å². The van der Waals surface area contributed by atoms with Gasteiger partial charge in [0, 0.05) is 17.1 Å². The quantitative estimate of drug-likeness (QED) is 0.463. The minimum Gasteiger partial charge on any atom is -0.360 e. The molecule has 33 heavy (non-hydrogen) atoms. The smallest absolute Gasteiger partial charge is 0.251 e. The van der Waals surface area contributed by atoms with Crippen LogP contribution >= 0.6 is 0 Å². The summed E-state index contributed by atoms with van der Waals surface area (Å²) in [6.45, 7) is 2.45. The van der Waals surface area contributed by atoms with Crippen LogP contribution in [0.25, 0.3) is 10.8 Å². The van der Waals surface area contributed by atoms with E-state index in [-0.39, 0.29) is 23.8 Å². The first kappa shape index (κ1) is 20.8. The van der Waals surface area contributed by atoms with E-state index in [0.717, 1.165) is 33.4 Å². The van der Waals surface area contributed by atoms with Gasteiger partial charge >= 0.3 is 0 Å². The van der Waals surface area contributed by atoms with Crippen molar-refractivity contribution >= 4 is 22.5 Å². The van der Waals surface area contributed by atoms with Crippen molar-refractivity contribution in [1.29, 1.82) is 0 Å². The van der Waals surface area contributed by atoms with E-state index >= 15 is 0 Å². The number of hydrogen-bond acceptors (Lipinski definition) is 4. The Bertz CT molecular complexity index is 1350. The molecule has 4 aromatic rings. The fourth-order valence-electron chi connectivity index (χ4n) is 4.01. The van der Waals surface area contributed by atoms with Gasteiger partial charge in [-0.15, -0.1) is 0 Å². The molecule has 1 amide bonds. The van der Waals surface area contributed by atoms with E-state index in [9.17, 15) is 9.18 Å². The van der Waals surface area contributed by atoms with Crippen LogP contribution in [-0.4, -0.2) is 23.3 Å². The number of hydrogen-bond donors (Lipinski definition) is 2. The molecule has 1 aromatic heterocycles. The molecule has 5 nitrogen and oxygen atoms in total. The first-order valence-electron chi connectivity index (χ1n) is 10.9. The van der Waals surface area contributed by atoms with Crippen molar-refractivity contribution in [2.75, 3.05) is 6.54 Å². The molecule has 0 fully saturated rings. The molecule has 6 heteroatoms. The lowest BCUT2D eigenvalue weighted by Gasteiger charge is -2.16. The molecule has 2 heterocycles. The zero-order valence-corrected chi connectivity index (χ0v) is 18.1. The van der Waals surface area contributed by atoms with Crippen LogP contribution in [0.5, 0.6) is 0 Å². The third kappa shape index (κ3) is 4.46. The van der Waals surface area contributed by atoms with Crippen molar-refractivity contribution in [2.45, 2.75) is 19.0 Å². The third-order valence-corrected chi connectivity index (χ3v) is 5.89. The average Bonchev–Trinajstić information content (AvgIpc) is 3.35. The van der Waals surface area contributed by atoms with Crippen LogP contribution in [0, 0.1) is 5.82 Å². The fourth-order valence-corrected chi connectivity index (χ4v) is 4.01. The fraction of sp³-hybridized carbons (Fsp3) is 0.148. The number of amidine groups is 1. The molecule has 0 saturated carbocycles. The van der Waals surface area contributed by atoms with Gasteiger partial charge in [0.2, 0.25) is 0 Å². The van der Waals surface area contributed by atoms with Gasteiger partial charge in [0.25, 0.3) is 5.91 Å². The SMILES string of the molecule is C[C@H](NC(=O)c1cccc(C2CN=C(c3cc4ccccc4cn3)N2)c1)c1ccc(F)cc1. The van der Waals surface area contributed by atoms with Gasteiger partial charge in [-0.05, 0) is 53.8 Å². The lowest BCUT2D eigenvalue weighted by molar-refractivity contribution is 0.0939. The Morgan fingerprint density at radius 1 is 1.03 bits per heavy atom. The van der Waals surface area contributed by atoms with E-state index in [1.165, 1.54) is 12.1 Å². The van der Waals surface area contributed by atoms with Crippen LogP contribution < -0.4 is 10.6 Å². The molecule has 1 aliphatic heterocycles. The highest BCUT2D eigenvalue weighted by atomic mass is 19.1. The van der Waals surface area contributed by atoms with E-state index < -0.39 is 0 Å². The van der Waals surface area contributed by atoms with Gasteiger partial charge in [-0.3, -0.25) is 14.8 Å². The third-order valence-electron chi connectivity index (χ3n) is 5.89. The normalized spacial score (nSPS) is 16.2. The molecule has 1 aliphatic rings. The van der Waals surface area contributed by atoms with Gasteiger partial charge in [-0.1, -0.05) is 48.5 Å². The van der Waals surface area contributed by atoms with Crippen molar-refractivity contribution in [3.05, 3.63) is 113 Å². The van der Waals surface area contributed by atoms with Crippen LogP contribution in [0.2, 0.25) is 0 Å². The zero-order chi connectivity index (χ0) is 22.8. The number of nitrogens with one attached hydrogen (secondary N) is 2. The number of carbonyl (C=O) groups excluding carboxylic acids is 1. The predicted octanol–water partition coefficient (Wildman–Crippen LogP) is 4.96. The summed E-state index contributed by atoms with van der Waals surface area (Å²) in [6, 6.07) is 23.5. The van der Waals surface area contributed by atoms with Crippen molar-refractivity contribution in [1.82, 2.24) is 15.6 Å². The van der Waals surface area contributed by atoms with Crippen LogP contribution in [0.1, 0.15) is 46.2 Å². The summed E-state index contributed by atoms with van der Waals surface area (Å²) in [5.74, 6) is 0.282. The molecule has 0 bridgehead atoms. The first-order chi connectivity index (χ1) is 16.1. The maximum absolute atomic E-state index is 13.2. The van der Waals surface area contributed by atoms with E-state index in [0.29, 0.717) is 12.1 Å². The van der Waals surface area contributed by atoms with Crippen LogP contribution in [0.4, 0.5) is 4.39 Å². The number of aromatic nitrogens is 1. The molecule has 0 saturated heterocycles. The summed E-state index contributed by atoms with van der Waals surface area (Å²) >= 11 is 0. The number of amides is 1. The molecule has 5 rings (SSSR count). The maximum atomic E-state index is 13.2. The Kier molecular flexibility index (Phi) is 5.57. The average molecular weight is 439 g/mol. The van der Waals surface area contributed by atoms with Crippen molar-refractivity contribution in [2.24, 2.45) is 4.99 Å². The molecule has 2 atom stereocenters. The van der Waals surface area contributed by atoms with Crippen molar-refractivity contribution in [3.63, 3.8) is 0 Å². The van der Waals surface area contributed by atoms with Crippen LogP contribution in [0.15, 0.2) is 90.1 Å². The Morgan fingerprint density at radius 2 is 1.82 bits per heavy atom. The van der Waals surface area contributed by atoms with Gasteiger partial charge < -0.3 is 10.6 Å². The summed E-state index contributed by atoms with van der Waals surface area (Å²) in [5.41, 5.74) is 3.20. The number of aliphatic imine (C=N–C) groups is 1. The molecule has 1 unspecified atom stereocenters. The zero-order valence-electron chi connectivity index (χ0n) is 18.1. The number of benzene rings is 3. The Labute approximate surface area is 191 Å². The topological polar surface area (TPSA) is 66.4 Å². The largest absolute Gasteiger partial charge is 0.360 e. The second-order valence-corrected chi connectivity index (χ2v) is 8.18. The summed E-state index contributed by atoms with van der Waals surface area (Å²) in [7, 11) is 0. The highest BCUT2D eigenvalue weighted by Gasteiger charge is 2.22. The Morgan fingerprint density at radius 3 is 2.64 bits per heavy atom. The number of nitrogens with zero attached hydrogens (tertiary/aromatic N) is 2. The molecule has 3 aromatic carbocycles. The first-order valence-corrected chi connectivity index (χ1v) is 10.9. The van der Waals surface area contributed by atoms with Crippen LogP contribution in [0.3, 0.4) is 0 Å². The van der Waals surface area contributed by atoms with Gasteiger partial charge in [-0.25, -0.2) is 4.39 Å². The highest BCUT2D eigenvalue weighted by Crippen LogP contribution is 2.22. The van der Waals surface area contributed by atoms with Crippen molar-refractivity contribution in [3.8, 4) is 0 Å². The second-order valence-electron chi connectivity index (χ2n) is 8.18. The van der Waals surface area contributed by atoms with Crippen LogP contribution in [-0.2, 0) is 0 Å². The molecular formula is C27H23FN4O. The Balaban J connectivity index is 1.28. The lowest BCUT2D eigenvalue weighted by atomic mass is 10.0. The van der Waals surface area contributed by atoms with Crippen molar-refractivity contribution < 1.29 is 9.18 Å². The molecule has 2 N–H and O–H groups in total.